The van der Waals surface area contributed by atoms with Crippen molar-refractivity contribution in [1.82, 2.24) is 0 Å². The Morgan fingerprint density at radius 1 is 0.769 bits per heavy atom. The Hall–Kier alpha value is -3.60. The molecule has 3 aromatic rings. The molecular formula is C21H17NO4. The van der Waals surface area contributed by atoms with Gasteiger partial charge in [0.1, 0.15) is 11.5 Å². The molecule has 1 amide bonds. The average molecular weight is 347 g/mol. The maximum Gasteiger partial charge on any atom is 0.259 e. The lowest BCUT2D eigenvalue weighted by Gasteiger charge is -2.09. The summed E-state index contributed by atoms with van der Waals surface area (Å²) in [6.45, 7) is 0. The standard InChI is InChI=1S/C21H17NO4/c23-18-10-3-1-8-16(18)20(25)13-14-6-5-7-15(12-14)22-21(26)17-9-2-4-11-19(17)24/h1-12,23-24H,13H2,(H,22,26). The molecule has 3 aromatic carbocycles. The molecule has 0 atom stereocenters. The van der Waals surface area contributed by atoms with E-state index in [-0.39, 0.29) is 34.8 Å². The zero-order valence-corrected chi connectivity index (χ0v) is 13.8. The zero-order chi connectivity index (χ0) is 18.5. The molecular weight excluding hydrogens is 330 g/mol. The van der Waals surface area contributed by atoms with Crippen LogP contribution >= 0.6 is 0 Å². The lowest BCUT2D eigenvalue weighted by Crippen LogP contribution is -2.12. The maximum atomic E-state index is 12.4. The van der Waals surface area contributed by atoms with Crippen molar-refractivity contribution in [2.75, 3.05) is 5.32 Å². The Bertz CT molecular complexity index is 891. The van der Waals surface area contributed by atoms with E-state index < -0.39 is 5.91 Å². The van der Waals surface area contributed by atoms with Gasteiger partial charge in [-0.2, -0.15) is 0 Å². The molecule has 5 heteroatoms. The largest absolute Gasteiger partial charge is 0.507 e. The van der Waals surface area contributed by atoms with Crippen molar-refractivity contribution in [2.24, 2.45) is 0 Å². The third kappa shape index (κ3) is 3.89. The number of ketones is 1. The molecule has 0 spiro atoms. The van der Waals surface area contributed by atoms with Crippen molar-refractivity contribution in [3.8, 4) is 11.5 Å². The van der Waals surface area contributed by atoms with Crippen LogP contribution in [0.25, 0.3) is 0 Å². The van der Waals surface area contributed by atoms with Gasteiger partial charge < -0.3 is 15.5 Å². The average Bonchev–Trinajstić information content (AvgIpc) is 2.62. The van der Waals surface area contributed by atoms with Gasteiger partial charge in [0.05, 0.1) is 11.1 Å². The van der Waals surface area contributed by atoms with Crippen LogP contribution in [0.1, 0.15) is 26.3 Å². The number of para-hydroxylation sites is 2. The van der Waals surface area contributed by atoms with E-state index in [9.17, 15) is 19.8 Å². The molecule has 0 aliphatic carbocycles. The minimum Gasteiger partial charge on any atom is -0.507 e. The predicted molar refractivity (Wildman–Crippen MR) is 98.6 cm³/mol. The van der Waals surface area contributed by atoms with Crippen LogP contribution in [-0.4, -0.2) is 21.9 Å². The van der Waals surface area contributed by atoms with Gasteiger partial charge in [0.2, 0.25) is 0 Å². The van der Waals surface area contributed by atoms with Crippen LogP contribution in [0.4, 0.5) is 5.69 Å². The molecule has 0 aliphatic rings. The highest BCUT2D eigenvalue weighted by Crippen LogP contribution is 2.21. The fourth-order valence-electron chi connectivity index (χ4n) is 2.61. The lowest BCUT2D eigenvalue weighted by molar-refractivity contribution is 0.0988. The molecule has 0 aromatic heterocycles. The number of amides is 1. The Morgan fingerprint density at radius 3 is 2.04 bits per heavy atom. The van der Waals surface area contributed by atoms with E-state index in [1.54, 1.807) is 54.6 Å². The number of anilines is 1. The highest BCUT2D eigenvalue weighted by atomic mass is 16.3. The van der Waals surface area contributed by atoms with E-state index in [0.29, 0.717) is 11.3 Å². The first-order valence-corrected chi connectivity index (χ1v) is 8.04. The molecule has 0 unspecified atom stereocenters. The van der Waals surface area contributed by atoms with Crippen LogP contribution in [0.3, 0.4) is 0 Å². The van der Waals surface area contributed by atoms with Gasteiger partial charge >= 0.3 is 0 Å². The van der Waals surface area contributed by atoms with Gasteiger partial charge in [-0.05, 0) is 42.0 Å². The molecule has 3 N–H and O–H groups in total. The van der Waals surface area contributed by atoms with Crippen LogP contribution < -0.4 is 5.32 Å². The summed E-state index contributed by atoms with van der Waals surface area (Å²) in [5.74, 6) is -0.808. The number of Topliss-reactive ketones (excluding diaryl/α,β-unsaturated/α-hetero) is 1. The van der Waals surface area contributed by atoms with E-state index >= 15 is 0 Å². The fraction of sp³-hybridized carbons (Fsp3) is 0.0476. The van der Waals surface area contributed by atoms with Crippen LogP contribution in [-0.2, 0) is 6.42 Å². The summed E-state index contributed by atoms with van der Waals surface area (Å²) in [6.07, 6.45) is 0.0951. The monoisotopic (exact) mass is 347 g/mol. The minimum atomic E-state index is -0.438. The zero-order valence-electron chi connectivity index (χ0n) is 13.8. The van der Waals surface area contributed by atoms with E-state index in [4.69, 9.17) is 0 Å². The van der Waals surface area contributed by atoms with Gasteiger partial charge in [0, 0.05) is 12.1 Å². The SMILES string of the molecule is O=C(Cc1cccc(NC(=O)c2ccccc2O)c1)c1ccccc1O. The summed E-state index contributed by atoms with van der Waals surface area (Å²) < 4.78 is 0. The first kappa shape index (κ1) is 17.2. The number of carbonyl (C=O) groups is 2. The van der Waals surface area contributed by atoms with Crippen molar-refractivity contribution in [2.45, 2.75) is 6.42 Å². The van der Waals surface area contributed by atoms with Crippen molar-refractivity contribution in [3.05, 3.63) is 89.5 Å². The Morgan fingerprint density at radius 2 is 1.38 bits per heavy atom. The Kier molecular flexibility index (Phi) is 4.99. The van der Waals surface area contributed by atoms with E-state index in [0.717, 1.165) is 0 Å². The summed E-state index contributed by atoms with van der Waals surface area (Å²) in [6, 6.07) is 19.5. The van der Waals surface area contributed by atoms with Gasteiger partial charge in [0.25, 0.3) is 5.91 Å². The summed E-state index contributed by atoms with van der Waals surface area (Å²) in [5.41, 5.74) is 1.65. The number of phenolic OH excluding ortho intramolecular Hbond substituents is 2. The number of hydrogen-bond donors (Lipinski definition) is 3. The minimum absolute atomic E-state index is 0.0542. The highest BCUT2D eigenvalue weighted by Gasteiger charge is 2.13. The predicted octanol–water partition coefficient (Wildman–Crippen LogP) is 3.78. The Balaban J connectivity index is 1.74. The van der Waals surface area contributed by atoms with Crippen molar-refractivity contribution < 1.29 is 19.8 Å². The molecule has 0 fully saturated rings. The number of aromatic hydroxyl groups is 2. The van der Waals surface area contributed by atoms with E-state index in [2.05, 4.69) is 5.32 Å². The lowest BCUT2D eigenvalue weighted by atomic mass is 10.0. The summed E-state index contributed by atoms with van der Waals surface area (Å²) >= 11 is 0. The third-order valence-electron chi connectivity index (χ3n) is 3.90. The number of phenols is 2. The molecule has 0 heterocycles. The second-order valence-corrected chi connectivity index (χ2v) is 5.79. The van der Waals surface area contributed by atoms with Crippen molar-refractivity contribution in [3.63, 3.8) is 0 Å². The summed E-state index contributed by atoms with van der Waals surface area (Å²) in [4.78, 5) is 24.6. The van der Waals surface area contributed by atoms with Crippen LogP contribution in [0.5, 0.6) is 11.5 Å². The first-order chi connectivity index (χ1) is 12.5. The van der Waals surface area contributed by atoms with Crippen molar-refractivity contribution in [1.29, 1.82) is 0 Å². The van der Waals surface area contributed by atoms with Gasteiger partial charge in [-0.15, -0.1) is 0 Å². The molecule has 3 rings (SSSR count). The normalized spacial score (nSPS) is 10.3. The van der Waals surface area contributed by atoms with Gasteiger partial charge in [-0.1, -0.05) is 36.4 Å². The molecule has 0 bridgehead atoms. The summed E-state index contributed by atoms with van der Waals surface area (Å²) in [7, 11) is 0. The third-order valence-corrected chi connectivity index (χ3v) is 3.90. The number of hydrogen-bond acceptors (Lipinski definition) is 4. The van der Waals surface area contributed by atoms with E-state index in [1.807, 2.05) is 0 Å². The summed E-state index contributed by atoms with van der Waals surface area (Å²) in [5, 5.41) is 22.2. The number of nitrogens with one attached hydrogen (secondary N) is 1. The molecule has 0 saturated carbocycles. The second-order valence-electron chi connectivity index (χ2n) is 5.79. The molecule has 26 heavy (non-hydrogen) atoms. The van der Waals surface area contributed by atoms with Crippen LogP contribution in [0.2, 0.25) is 0 Å². The topological polar surface area (TPSA) is 86.6 Å². The molecule has 0 radical (unpaired) electrons. The maximum absolute atomic E-state index is 12.4. The first-order valence-electron chi connectivity index (χ1n) is 8.04. The van der Waals surface area contributed by atoms with Crippen molar-refractivity contribution >= 4 is 17.4 Å². The number of rotatable bonds is 5. The van der Waals surface area contributed by atoms with Crippen LogP contribution in [0, 0.1) is 0 Å². The van der Waals surface area contributed by atoms with Crippen LogP contribution in [0.15, 0.2) is 72.8 Å². The smallest absolute Gasteiger partial charge is 0.259 e. The molecule has 130 valence electrons. The highest BCUT2D eigenvalue weighted by molar-refractivity contribution is 6.06. The quantitative estimate of drug-likeness (QED) is 0.613. The molecule has 5 nitrogen and oxygen atoms in total. The molecule has 0 aliphatic heterocycles. The van der Waals surface area contributed by atoms with Gasteiger partial charge in [-0.25, -0.2) is 0 Å². The number of carbonyl (C=O) groups excluding carboxylic acids is 2. The van der Waals surface area contributed by atoms with E-state index in [1.165, 1.54) is 18.2 Å². The van der Waals surface area contributed by atoms with Gasteiger partial charge in [0.15, 0.2) is 5.78 Å². The van der Waals surface area contributed by atoms with Gasteiger partial charge in [-0.3, -0.25) is 9.59 Å². The molecule has 0 saturated heterocycles. The fourth-order valence-corrected chi connectivity index (χ4v) is 2.61. The Labute approximate surface area is 150 Å². The second kappa shape index (κ2) is 7.53. The number of benzene rings is 3.